The number of nitrogens with zero attached hydrogens (tertiary/aromatic N) is 2. The van der Waals surface area contributed by atoms with Gasteiger partial charge in [0.25, 0.3) is 5.78 Å². The predicted octanol–water partition coefficient (Wildman–Crippen LogP) is 7.50. The molecule has 0 bridgehead atoms. The highest BCUT2D eigenvalue weighted by Crippen LogP contribution is 2.45. The zero-order valence-electron chi connectivity index (χ0n) is 27.9. The van der Waals surface area contributed by atoms with Gasteiger partial charge in [-0.05, 0) is 67.8 Å². The highest BCUT2D eigenvalue weighted by molar-refractivity contribution is 7.17. The molecule has 4 aromatic rings. The van der Waals surface area contributed by atoms with Crippen LogP contribution in [0.1, 0.15) is 63.4 Å². The minimum atomic E-state index is -1.11. The van der Waals surface area contributed by atoms with Gasteiger partial charge in [-0.1, -0.05) is 73.2 Å². The highest BCUT2D eigenvalue weighted by Gasteiger charge is 2.48. The Bertz CT molecular complexity index is 1900. The third kappa shape index (κ3) is 7.68. The maximum Gasteiger partial charge on any atom is 0.350 e. The number of aryl methyl sites for hydroxylation is 2. The normalized spacial score (nSPS) is 15.3. The minimum absolute atomic E-state index is 0.00174. The van der Waals surface area contributed by atoms with E-state index in [1.54, 1.807) is 49.4 Å². The summed E-state index contributed by atoms with van der Waals surface area (Å²) < 4.78 is 22.7. The lowest BCUT2D eigenvalue weighted by molar-refractivity contribution is -0.132. The van der Waals surface area contributed by atoms with Gasteiger partial charge in [0.2, 0.25) is 0 Å². The number of benzene rings is 3. The van der Waals surface area contributed by atoms with Gasteiger partial charge in [0.1, 0.15) is 29.6 Å². The molecule has 1 unspecified atom stereocenters. The smallest absolute Gasteiger partial charge is 0.350 e. The van der Waals surface area contributed by atoms with Crippen LogP contribution in [-0.4, -0.2) is 48.1 Å². The van der Waals surface area contributed by atoms with E-state index in [0.717, 1.165) is 35.3 Å². The van der Waals surface area contributed by atoms with Crippen LogP contribution in [0.3, 0.4) is 0 Å². The van der Waals surface area contributed by atoms with E-state index in [4.69, 9.17) is 18.9 Å². The molecule has 11 heteroatoms. The average molecular weight is 683 g/mol. The molecular weight excluding hydrogens is 644 g/mol. The monoisotopic (exact) mass is 682 g/mol. The van der Waals surface area contributed by atoms with E-state index in [1.165, 1.54) is 18.1 Å². The molecule has 1 fully saturated rings. The highest BCUT2D eigenvalue weighted by atomic mass is 32.1. The Morgan fingerprint density at radius 3 is 2.51 bits per heavy atom. The number of Topliss-reactive ketones (excluding diaryl/α,β-unsaturated/α-hetero) is 1. The standard InChI is InChI=1S/C38H38N2O8S/c1-6-8-19-46-29-17-14-27(21-30(29)45-5)32-31(33(41)26-12-15-28(16-13-26)48-22-25-11-9-10-23(3)20-25)34(42)36(43)40(32)38-39-24(4)35(49-38)37(44)47-18-7-2/h7,9-17,20-21,32,41H,2,6,8,18-19,22H2,1,3-5H3. The van der Waals surface area contributed by atoms with Gasteiger partial charge < -0.3 is 24.1 Å². The van der Waals surface area contributed by atoms with E-state index in [9.17, 15) is 19.5 Å². The number of ether oxygens (including phenoxy) is 4. The van der Waals surface area contributed by atoms with Gasteiger partial charge in [0.05, 0.1) is 31.0 Å². The first-order chi connectivity index (χ1) is 23.7. The average Bonchev–Trinajstić information content (AvgIpc) is 3.62. The number of unbranched alkanes of at least 4 members (excludes halogenated alkanes) is 1. The number of aromatic nitrogens is 1. The molecule has 0 radical (unpaired) electrons. The molecule has 0 spiro atoms. The Balaban J connectivity index is 1.55. The number of methoxy groups -OCH3 is 1. The van der Waals surface area contributed by atoms with Crippen LogP contribution in [0, 0.1) is 13.8 Å². The summed E-state index contributed by atoms with van der Waals surface area (Å²) in [5, 5.41) is 11.8. The molecule has 1 aliphatic rings. The number of esters is 1. The van der Waals surface area contributed by atoms with Crippen molar-refractivity contribution in [2.24, 2.45) is 0 Å². The Kier molecular flexibility index (Phi) is 11.1. The fraction of sp³-hybridized carbons (Fsp3) is 0.263. The molecule has 1 aliphatic heterocycles. The number of aliphatic hydroxyl groups excluding tert-OH is 1. The first kappa shape index (κ1) is 34.9. The van der Waals surface area contributed by atoms with E-state index in [0.29, 0.717) is 47.3 Å². The number of aliphatic hydroxyl groups is 1. The van der Waals surface area contributed by atoms with Crippen molar-refractivity contribution in [3.05, 3.63) is 118 Å². The number of anilines is 1. The van der Waals surface area contributed by atoms with Crippen LogP contribution in [0.4, 0.5) is 5.13 Å². The van der Waals surface area contributed by atoms with Crippen molar-refractivity contribution in [1.82, 2.24) is 4.98 Å². The van der Waals surface area contributed by atoms with Crippen molar-refractivity contribution in [2.45, 2.75) is 46.3 Å². The van der Waals surface area contributed by atoms with Crippen molar-refractivity contribution >= 4 is 39.9 Å². The molecule has 0 saturated carbocycles. The Morgan fingerprint density at radius 2 is 1.82 bits per heavy atom. The molecule has 10 nitrogen and oxygen atoms in total. The second-order valence-corrected chi connectivity index (χ2v) is 12.4. The summed E-state index contributed by atoms with van der Waals surface area (Å²) in [6, 6.07) is 18.6. The summed E-state index contributed by atoms with van der Waals surface area (Å²) in [5.74, 6) is -1.38. The van der Waals surface area contributed by atoms with E-state index in [1.807, 2.05) is 31.2 Å². The van der Waals surface area contributed by atoms with Gasteiger partial charge in [-0.2, -0.15) is 0 Å². The molecular formula is C38H38N2O8S. The second kappa shape index (κ2) is 15.7. The topological polar surface area (TPSA) is 124 Å². The number of amides is 1. The first-order valence-electron chi connectivity index (χ1n) is 15.8. The quantitative estimate of drug-likeness (QED) is 0.0360. The molecule has 3 aromatic carbocycles. The van der Waals surface area contributed by atoms with Crippen LogP contribution in [0.5, 0.6) is 17.2 Å². The van der Waals surface area contributed by atoms with Crippen LogP contribution >= 0.6 is 11.3 Å². The first-order valence-corrected chi connectivity index (χ1v) is 16.6. The maximum absolute atomic E-state index is 13.8. The molecule has 2 heterocycles. The number of carbonyl (C=O) groups is 3. The summed E-state index contributed by atoms with van der Waals surface area (Å²) in [4.78, 5) is 46.2. The fourth-order valence-electron chi connectivity index (χ4n) is 5.35. The lowest BCUT2D eigenvalue weighted by Crippen LogP contribution is -2.29. The third-order valence-electron chi connectivity index (χ3n) is 7.83. The summed E-state index contributed by atoms with van der Waals surface area (Å²) in [6.07, 6.45) is 3.24. The number of hydrogen-bond acceptors (Lipinski definition) is 10. The number of carbonyl (C=O) groups excluding carboxylic acids is 3. The van der Waals surface area contributed by atoms with Crippen molar-refractivity contribution in [3.63, 3.8) is 0 Å². The van der Waals surface area contributed by atoms with Crippen molar-refractivity contribution in [1.29, 1.82) is 0 Å². The molecule has 254 valence electrons. The van der Waals surface area contributed by atoms with Gasteiger partial charge in [0.15, 0.2) is 16.6 Å². The molecule has 1 saturated heterocycles. The number of hydrogen-bond donors (Lipinski definition) is 1. The van der Waals surface area contributed by atoms with E-state index < -0.39 is 23.7 Å². The van der Waals surface area contributed by atoms with Crippen LogP contribution < -0.4 is 19.1 Å². The van der Waals surface area contributed by atoms with Gasteiger partial charge in [0, 0.05) is 5.56 Å². The van der Waals surface area contributed by atoms with Gasteiger partial charge in [-0.15, -0.1) is 0 Å². The lowest BCUT2D eigenvalue weighted by atomic mass is 9.95. The van der Waals surface area contributed by atoms with Crippen molar-refractivity contribution in [3.8, 4) is 17.2 Å². The van der Waals surface area contributed by atoms with Gasteiger partial charge >= 0.3 is 11.9 Å². The second-order valence-electron chi connectivity index (χ2n) is 11.4. The van der Waals surface area contributed by atoms with Crippen LogP contribution in [0.25, 0.3) is 5.76 Å². The van der Waals surface area contributed by atoms with Gasteiger partial charge in [-0.3, -0.25) is 14.5 Å². The zero-order chi connectivity index (χ0) is 35.1. The minimum Gasteiger partial charge on any atom is -0.507 e. The number of ketones is 1. The molecule has 1 atom stereocenters. The molecule has 0 aliphatic carbocycles. The zero-order valence-corrected chi connectivity index (χ0v) is 28.7. The summed E-state index contributed by atoms with van der Waals surface area (Å²) in [7, 11) is 1.50. The predicted molar refractivity (Wildman–Crippen MR) is 187 cm³/mol. The number of rotatable bonds is 14. The van der Waals surface area contributed by atoms with E-state index in [2.05, 4.69) is 18.5 Å². The lowest BCUT2D eigenvalue weighted by Gasteiger charge is -2.24. The summed E-state index contributed by atoms with van der Waals surface area (Å²) >= 11 is 0.918. The van der Waals surface area contributed by atoms with Crippen LogP contribution in [-0.2, 0) is 20.9 Å². The Hall–Kier alpha value is -5.42. The maximum atomic E-state index is 13.8. The van der Waals surface area contributed by atoms with Gasteiger partial charge in [-0.25, -0.2) is 9.78 Å². The van der Waals surface area contributed by atoms with Crippen LogP contribution in [0.15, 0.2) is 85.0 Å². The molecule has 1 aromatic heterocycles. The largest absolute Gasteiger partial charge is 0.507 e. The summed E-state index contributed by atoms with van der Waals surface area (Å²) in [5.41, 5.74) is 3.08. The summed E-state index contributed by atoms with van der Waals surface area (Å²) in [6.45, 7) is 10.1. The van der Waals surface area contributed by atoms with Crippen molar-refractivity contribution < 1.29 is 38.4 Å². The van der Waals surface area contributed by atoms with E-state index in [-0.39, 0.29) is 27.9 Å². The molecule has 49 heavy (non-hydrogen) atoms. The fourth-order valence-corrected chi connectivity index (χ4v) is 6.34. The van der Waals surface area contributed by atoms with Crippen molar-refractivity contribution in [2.75, 3.05) is 25.2 Å². The third-order valence-corrected chi connectivity index (χ3v) is 8.96. The Morgan fingerprint density at radius 1 is 1.04 bits per heavy atom. The van der Waals surface area contributed by atoms with Crippen LogP contribution in [0.2, 0.25) is 0 Å². The molecule has 5 rings (SSSR count). The molecule has 1 N–H and O–H groups in total. The van der Waals surface area contributed by atoms with E-state index >= 15 is 0 Å². The number of thiazole rings is 1. The SMILES string of the molecule is C=CCOC(=O)c1sc(N2C(=O)C(=O)C(=C(O)c3ccc(OCc4cccc(C)c4)cc3)C2c2ccc(OCCCC)c(OC)c2)nc1C. The Labute approximate surface area is 289 Å². The molecule has 1 amide bonds.